The highest BCUT2D eigenvalue weighted by molar-refractivity contribution is 6.33. The Kier molecular flexibility index (Phi) is 6.45. The van der Waals surface area contributed by atoms with Crippen molar-refractivity contribution in [2.24, 2.45) is 10.1 Å². The number of para-hydroxylation sites is 1. The van der Waals surface area contributed by atoms with Crippen LogP contribution in [0.4, 0.5) is 11.4 Å². The van der Waals surface area contributed by atoms with Gasteiger partial charge in [-0.05, 0) is 54.4 Å². The Bertz CT molecular complexity index is 1800. The Morgan fingerprint density at radius 1 is 0.667 bits per heavy atom. The number of amides is 1. The maximum atomic E-state index is 15.3. The molecule has 0 fully saturated rings. The topological polar surface area (TPSA) is 48.3 Å². The lowest BCUT2D eigenvalue weighted by Crippen LogP contribution is -2.55. The molecule has 5 aromatic carbocycles. The second kappa shape index (κ2) is 10.4. The molecule has 42 heavy (non-hydrogen) atoms. The zero-order valence-electron chi connectivity index (χ0n) is 22.9. The van der Waals surface area contributed by atoms with Crippen molar-refractivity contribution in [1.82, 2.24) is 0 Å². The summed E-state index contributed by atoms with van der Waals surface area (Å²) in [4.78, 5) is 22.4. The minimum atomic E-state index is -1.42. The van der Waals surface area contributed by atoms with E-state index in [2.05, 4.69) is 31.2 Å². The Balaban J connectivity index is 1.54. The molecular formula is C36H27ClN4O. The third-order valence-electron chi connectivity index (χ3n) is 7.81. The summed E-state index contributed by atoms with van der Waals surface area (Å²) >= 11 is 6.27. The SMILES string of the molecule is Cc1ccc(C2C(c3ccccc3)=NN(c3ccccc3)C23N=C(c2ccccc2)N(c2ccc(Cl)cc2)C3=O)cc1. The lowest BCUT2D eigenvalue weighted by Gasteiger charge is -2.35. The zero-order chi connectivity index (χ0) is 28.7. The maximum Gasteiger partial charge on any atom is 0.284 e. The van der Waals surface area contributed by atoms with E-state index < -0.39 is 11.6 Å². The molecule has 2 heterocycles. The minimum Gasteiger partial charge on any atom is -0.269 e. The second-order valence-corrected chi connectivity index (χ2v) is 10.9. The molecule has 0 N–H and O–H groups in total. The molecule has 1 amide bonds. The highest BCUT2D eigenvalue weighted by Crippen LogP contribution is 2.50. The smallest absolute Gasteiger partial charge is 0.269 e. The van der Waals surface area contributed by atoms with E-state index in [9.17, 15) is 0 Å². The van der Waals surface area contributed by atoms with E-state index in [0.29, 0.717) is 16.5 Å². The van der Waals surface area contributed by atoms with Gasteiger partial charge in [-0.1, -0.05) is 120 Å². The molecule has 0 radical (unpaired) electrons. The fourth-order valence-corrected chi connectivity index (χ4v) is 5.94. The van der Waals surface area contributed by atoms with Crippen LogP contribution >= 0.6 is 11.6 Å². The summed E-state index contributed by atoms with van der Waals surface area (Å²) in [5.74, 6) is -0.123. The lowest BCUT2D eigenvalue weighted by atomic mass is 9.80. The van der Waals surface area contributed by atoms with Gasteiger partial charge in [0, 0.05) is 10.6 Å². The summed E-state index contributed by atoms with van der Waals surface area (Å²) in [6, 6.07) is 45.4. The van der Waals surface area contributed by atoms with Crippen LogP contribution in [0, 0.1) is 6.92 Å². The molecule has 6 heteroatoms. The number of hydrogen-bond donors (Lipinski definition) is 0. The van der Waals surface area contributed by atoms with Crippen LogP contribution in [0.5, 0.6) is 0 Å². The first-order valence-corrected chi connectivity index (χ1v) is 14.3. The average Bonchev–Trinajstić information content (AvgIpc) is 3.54. The van der Waals surface area contributed by atoms with Crippen LogP contribution in [0.3, 0.4) is 0 Å². The molecule has 0 aromatic heterocycles. The molecule has 1 spiro atoms. The van der Waals surface area contributed by atoms with Gasteiger partial charge in [0.1, 0.15) is 5.84 Å². The average molecular weight is 567 g/mol. The van der Waals surface area contributed by atoms with E-state index in [1.165, 1.54) is 0 Å². The second-order valence-electron chi connectivity index (χ2n) is 10.5. The lowest BCUT2D eigenvalue weighted by molar-refractivity contribution is -0.121. The largest absolute Gasteiger partial charge is 0.284 e. The van der Waals surface area contributed by atoms with Crippen molar-refractivity contribution < 1.29 is 4.79 Å². The number of hydrazone groups is 1. The number of halogens is 1. The van der Waals surface area contributed by atoms with Gasteiger partial charge in [-0.15, -0.1) is 0 Å². The van der Waals surface area contributed by atoms with Crippen molar-refractivity contribution in [3.8, 4) is 0 Å². The number of nitrogens with zero attached hydrogens (tertiary/aromatic N) is 4. The zero-order valence-corrected chi connectivity index (χ0v) is 23.7. The Hall–Kier alpha value is -5.00. The number of aryl methyl sites for hydroxylation is 1. The van der Waals surface area contributed by atoms with Gasteiger partial charge in [0.05, 0.1) is 23.0 Å². The molecule has 5 nitrogen and oxygen atoms in total. The number of carbonyl (C=O) groups is 1. The molecule has 0 saturated carbocycles. The first-order chi connectivity index (χ1) is 20.6. The van der Waals surface area contributed by atoms with Gasteiger partial charge < -0.3 is 0 Å². The summed E-state index contributed by atoms with van der Waals surface area (Å²) < 4.78 is 0. The minimum absolute atomic E-state index is 0.187. The molecule has 2 unspecified atom stereocenters. The van der Waals surface area contributed by atoms with Gasteiger partial charge in [0.2, 0.25) is 5.66 Å². The van der Waals surface area contributed by atoms with Crippen molar-refractivity contribution in [2.75, 3.05) is 9.91 Å². The fraction of sp³-hybridized carbons (Fsp3) is 0.0833. The van der Waals surface area contributed by atoms with E-state index >= 15 is 4.79 Å². The summed E-state index contributed by atoms with van der Waals surface area (Å²) in [5.41, 5.74) is 4.70. The molecule has 0 aliphatic carbocycles. The summed E-state index contributed by atoms with van der Waals surface area (Å²) in [6.45, 7) is 2.06. The molecule has 0 bridgehead atoms. The third-order valence-corrected chi connectivity index (χ3v) is 8.06. The van der Waals surface area contributed by atoms with Crippen LogP contribution in [0.15, 0.2) is 150 Å². The van der Waals surface area contributed by atoms with Crippen LogP contribution in [-0.2, 0) is 4.79 Å². The molecule has 2 aliphatic rings. The standard InChI is InChI=1S/C36H27ClN4O/c1-25-17-19-26(20-18-25)32-33(27-11-5-2-6-12-27)39-41(31-15-9-4-10-16-31)36(32)35(42)40(30-23-21-29(37)22-24-30)34(38-36)28-13-7-3-8-14-28/h2-24,32H,1H3. The van der Waals surface area contributed by atoms with Crippen molar-refractivity contribution >= 4 is 40.4 Å². The molecule has 2 atom stereocenters. The predicted molar refractivity (Wildman–Crippen MR) is 170 cm³/mol. The molecule has 0 saturated heterocycles. The Labute approximate surface area is 250 Å². The van der Waals surface area contributed by atoms with Gasteiger partial charge in [0.25, 0.3) is 5.91 Å². The highest BCUT2D eigenvalue weighted by atomic mass is 35.5. The molecule has 7 rings (SSSR count). The van der Waals surface area contributed by atoms with Gasteiger partial charge in [-0.3, -0.25) is 9.69 Å². The van der Waals surface area contributed by atoms with Crippen molar-refractivity contribution in [2.45, 2.75) is 18.5 Å². The molecule has 2 aliphatic heterocycles. The predicted octanol–water partition coefficient (Wildman–Crippen LogP) is 7.85. The number of benzene rings is 5. The van der Waals surface area contributed by atoms with Gasteiger partial charge in [0.15, 0.2) is 0 Å². The van der Waals surface area contributed by atoms with E-state index in [1.54, 1.807) is 17.0 Å². The number of aliphatic imine (C=N–C) groups is 1. The summed E-state index contributed by atoms with van der Waals surface area (Å²) in [5, 5.41) is 7.65. The molecular weight excluding hydrogens is 540 g/mol. The highest BCUT2D eigenvalue weighted by Gasteiger charge is 2.63. The van der Waals surface area contributed by atoms with Crippen molar-refractivity contribution in [1.29, 1.82) is 0 Å². The normalized spacial score (nSPS) is 19.8. The van der Waals surface area contributed by atoms with E-state index in [4.69, 9.17) is 21.7 Å². The van der Waals surface area contributed by atoms with E-state index in [1.807, 2.05) is 108 Å². The van der Waals surface area contributed by atoms with Gasteiger partial charge in [-0.25, -0.2) is 10.0 Å². The number of carbonyl (C=O) groups excluding carboxylic acids is 1. The van der Waals surface area contributed by atoms with Crippen molar-refractivity contribution in [3.63, 3.8) is 0 Å². The van der Waals surface area contributed by atoms with Crippen molar-refractivity contribution in [3.05, 3.63) is 167 Å². The monoisotopic (exact) mass is 566 g/mol. The van der Waals surface area contributed by atoms with Crippen LogP contribution in [0.2, 0.25) is 5.02 Å². The first kappa shape index (κ1) is 25.9. The third kappa shape index (κ3) is 4.21. The van der Waals surface area contributed by atoms with Crippen LogP contribution < -0.4 is 9.91 Å². The molecule has 204 valence electrons. The maximum absolute atomic E-state index is 15.3. The Morgan fingerprint density at radius 3 is 1.86 bits per heavy atom. The summed E-state index contributed by atoms with van der Waals surface area (Å²) in [7, 11) is 0. The quantitative estimate of drug-likeness (QED) is 0.217. The van der Waals surface area contributed by atoms with Gasteiger partial charge in [-0.2, -0.15) is 5.10 Å². The first-order valence-electron chi connectivity index (χ1n) is 13.9. The van der Waals surface area contributed by atoms with Crippen LogP contribution in [0.25, 0.3) is 0 Å². The fourth-order valence-electron chi connectivity index (χ4n) is 5.82. The Morgan fingerprint density at radius 2 is 1.24 bits per heavy atom. The summed E-state index contributed by atoms with van der Waals surface area (Å²) in [6.07, 6.45) is 0. The van der Waals surface area contributed by atoms with E-state index in [0.717, 1.165) is 33.7 Å². The number of rotatable bonds is 5. The van der Waals surface area contributed by atoms with Crippen LogP contribution in [-0.4, -0.2) is 23.1 Å². The number of hydrogen-bond acceptors (Lipinski definition) is 4. The number of amidine groups is 1. The van der Waals surface area contributed by atoms with E-state index in [-0.39, 0.29) is 5.91 Å². The van der Waals surface area contributed by atoms with Gasteiger partial charge >= 0.3 is 0 Å². The molecule has 5 aromatic rings. The number of anilines is 2. The van der Waals surface area contributed by atoms with Crippen LogP contribution in [0.1, 0.15) is 28.2 Å².